The Hall–Kier alpha value is -0.750. The maximum Gasteiger partial charge on any atom is 0.191 e. The Kier molecular flexibility index (Phi) is 8.89. The van der Waals surface area contributed by atoms with Crippen LogP contribution >= 0.6 is 35.6 Å². The summed E-state index contributed by atoms with van der Waals surface area (Å²) >= 11 is 6.25. The van der Waals surface area contributed by atoms with Gasteiger partial charge in [-0.1, -0.05) is 49.7 Å². The normalized spacial score (nSPS) is 11.5. The molecule has 0 saturated carbocycles. The van der Waals surface area contributed by atoms with Crippen LogP contribution in [0.4, 0.5) is 0 Å². The van der Waals surface area contributed by atoms with E-state index in [0.29, 0.717) is 6.54 Å². The average Bonchev–Trinajstić information content (AvgIpc) is 2.39. The van der Waals surface area contributed by atoms with E-state index in [2.05, 4.69) is 42.1 Å². The van der Waals surface area contributed by atoms with Gasteiger partial charge >= 0.3 is 0 Å². The van der Waals surface area contributed by atoms with E-state index in [1.807, 2.05) is 18.2 Å². The Labute approximate surface area is 143 Å². The molecule has 0 fully saturated rings. The number of halogens is 2. The predicted molar refractivity (Wildman–Crippen MR) is 99.5 cm³/mol. The second kappa shape index (κ2) is 9.23. The Morgan fingerprint density at radius 3 is 2.55 bits per heavy atom. The van der Waals surface area contributed by atoms with Gasteiger partial charge in [-0.2, -0.15) is 0 Å². The molecule has 1 aromatic carbocycles. The second-order valence-electron chi connectivity index (χ2n) is 4.96. The van der Waals surface area contributed by atoms with Crippen molar-refractivity contribution in [1.29, 1.82) is 0 Å². The molecule has 0 bridgehead atoms. The van der Waals surface area contributed by atoms with E-state index in [0.717, 1.165) is 23.1 Å². The summed E-state index contributed by atoms with van der Waals surface area (Å²) in [6, 6.07) is 7.93. The average molecular weight is 408 g/mol. The van der Waals surface area contributed by atoms with Crippen molar-refractivity contribution in [1.82, 2.24) is 10.6 Å². The monoisotopic (exact) mass is 407 g/mol. The molecular formula is C15H23ClIN3. The highest BCUT2D eigenvalue weighted by atomic mass is 127. The van der Waals surface area contributed by atoms with E-state index in [4.69, 9.17) is 11.6 Å². The van der Waals surface area contributed by atoms with Crippen molar-refractivity contribution in [2.75, 3.05) is 20.1 Å². The minimum Gasteiger partial charge on any atom is -0.356 e. The summed E-state index contributed by atoms with van der Waals surface area (Å²) in [5.41, 5.74) is 1.05. The van der Waals surface area contributed by atoms with Crippen LogP contribution in [0.2, 0.25) is 5.02 Å². The molecule has 1 aromatic rings. The molecule has 5 heteroatoms. The molecule has 0 amide bonds. The molecule has 0 unspecified atom stereocenters. The quantitative estimate of drug-likeness (QED) is 0.339. The third kappa shape index (κ3) is 5.71. The zero-order chi connectivity index (χ0) is 14.3. The van der Waals surface area contributed by atoms with Crippen molar-refractivity contribution in [2.45, 2.75) is 19.3 Å². The van der Waals surface area contributed by atoms with Crippen LogP contribution in [0.1, 0.15) is 19.4 Å². The first-order chi connectivity index (χ1) is 9.01. The second-order valence-corrected chi connectivity index (χ2v) is 5.37. The molecule has 0 aromatic heterocycles. The summed E-state index contributed by atoms with van der Waals surface area (Å²) < 4.78 is 0. The van der Waals surface area contributed by atoms with Crippen molar-refractivity contribution in [3.8, 4) is 0 Å². The molecule has 20 heavy (non-hydrogen) atoms. The molecule has 0 aliphatic heterocycles. The smallest absolute Gasteiger partial charge is 0.191 e. The Balaban J connectivity index is 0.00000361. The fourth-order valence-electron chi connectivity index (χ4n) is 1.80. The van der Waals surface area contributed by atoms with Crippen LogP contribution in [0.25, 0.3) is 0 Å². The molecule has 112 valence electrons. The van der Waals surface area contributed by atoms with Crippen LogP contribution in [-0.4, -0.2) is 26.1 Å². The highest BCUT2D eigenvalue weighted by molar-refractivity contribution is 14.0. The predicted octanol–water partition coefficient (Wildman–Crippen LogP) is 3.59. The maximum absolute atomic E-state index is 6.25. The molecule has 1 rings (SSSR count). The fraction of sp³-hybridized carbons (Fsp3) is 0.400. The highest BCUT2D eigenvalue weighted by Gasteiger charge is 2.23. The molecule has 0 aliphatic carbocycles. The zero-order valence-corrected chi connectivity index (χ0v) is 15.3. The van der Waals surface area contributed by atoms with Gasteiger partial charge < -0.3 is 10.6 Å². The molecule has 3 nitrogen and oxygen atoms in total. The van der Waals surface area contributed by atoms with E-state index in [-0.39, 0.29) is 29.4 Å². The van der Waals surface area contributed by atoms with Gasteiger partial charge in [-0.3, -0.25) is 4.99 Å². The molecule has 0 radical (unpaired) electrons. The molecule has 0 spiro atoms. The van der Waals surface area contributed by atoms with Gasteiger partial charge in [0, 0.05) is 30.6 Å². The number of nitrogens with one attached hydrogen (secondary N) is 2. The lowest BCUT2D eigenvalue weighted by Gasteiger charge is -2.27. The molecule has 0 saturated heterocycles. The number of rotatable bonds is 5. The summed E-state index contributed by atoms with van der Waals surface area (Å²) in [6.45, 7) is 9.41. The summed E-state index contributed by atoms with van der Waals surface area (Å²) in [7, 11) is 1.75. The summed E-state index contributed by atoms with van der Waals surface area (Å²) in [5.74, 6) is 0.764. The van der Waals surface area contributed by atoms with Gasteiger partial charge in [-0.15, -0.1) is 30.6 Å². The molecule has 0 atom stereocenters. The Morgan fingerprint density at radius 2 is 2.00 bits per heavy atom. The van der Waals surface area contributed by atoms with Gasteiger partial charge in [0.2, 0.25) is 0 Å². The number of benzene rings is 1. The number of hydrogen-bond acceptors (Lipinski definition) is 1. The van der Waals surface area contributed by atoms with Gasteiger partial charge in [-0.05, 0) is 11.6 Å². The van der Waals surface area contributed by atoms with E-state index in [9.17, 15) is 0 Å². The lowest BCUT2D eigenvalue weighted by atomic mass is 9.84. The van der Waals surface area contributed by atoms with Crippen LogP contribution in [-0.2, 0) is 5.41 Å². The van der Waals surface area contributed by atoms with Crippen molar-refractivity contribution < 1.29 is 0 Å². The summed E-state index contributed by atoms with van der Waals surface area (Å²) in [5, 5.41) is 7.24. The Bertz CT molecular complexity index is 458. The van der Waals surface area contributed by atoms with Crippen LogP contribution in [0.15, 0.2) is 41.9 Å². The van der Waals surface area contributed by atoms with Crippen molar-refractivity contribution in [3.63, 3.8) is 0 Å². The summed E-state index contributed by atoms with van der Waals surface area (Å²) in [4.78, 5) is 4.16. The van der Waals surface area contributed by atoms with Gasteiger partial charge in [-0.25, -0.2) is 0 Å². The summed E-state index contributed by atoms with van der Waals surface area (Å²) in [6.07, 6.45) is 1.80. The third-order valence-electron chi connectivity index (χ3n) is 2.94. The number of nitrogens with zero attached hydrogens (tertiary/aromatic N) is 1. The lowest BCUT2D eigenvalue weighted by Crippen LogP contribution is -2.43. The topological polar surface area (TPSA) is 36.4 Å². The molecule has 2 N–H and O–H groups in total. The molecular weight excluding hydrogens is 385 g/mol. The van der Waals surface area contributed by atoms with Crippen LogP contribution in [0.3, 0.4) is 0 Å². The first-order valence-corrected chi connectivity index (χ1v) is 6.69. The standard InChI is InChI=1S/C15H22ClN3.HI/c1-5-10-18-14(17-4)19-11-15(2,3)12-8-6-7-9-13(12)16;/h5-9H,1,10-11H2,2-4H3,(H2,17,18,19);1H. The highest BCUT2D eigenvalue weighted by Crippen LogP contribution is 2.28. The van der Waals surface area contributed by atoms with E-state index in [1.54, 1.807) is 13.1 Å². The van der Waals surface area contributed by atoms with Crippen LogP contribution in [0, 0.1) is 0 Å². The van der Waals surface area contributed by atoms with Gasteiger partial charge in [0.05, 0.1) is 0 Å². The number of guanidine groups is 1. The third-order valence-corrected chi connectivity index (χ3v) is 3.27. The van der Waals surface area contributed by atoms with Crippen molar-refractivity contribution in [3.05, 3.63) is 47.5 Å². The van der Waals surface area contributed by atoms with Crippen LogP contribution in [0.5, 0.6) is 0 Å². The SMILES string of the molecule is C=CCNC(=NC)NCC(C)(C)c1ccccc1Cl.I. The first-order valence-electron chi connectivity index (χ1n) is 6.31. The number of aliphatic imine (C=N–C) groups is 1. The molecule has 0 aliphatic rings. The van der Waals surface area contributed by atoms with Gasteiger partial charge in [0.25, 0.3) is 0 Å². The zero-order valence-electron chi connectivity index (χ0n) is 12.2. The largest absolute Gasteiger partial charge is 0.356 e. The minimum atomic E-state index is -0.0792. The maximum atomic E-state index is 6.25. The van der Waals surface area contributed by atoms with E-state index >= 15 is 0 Å². The van der Waals surface area contributed by atoms with Crippen LogP contribution < -0.4 is 10.6 Å². The van der Waals surface area contributed by atoms with Gasteiger partial charge in [0.15, 0.2) is 5.96 Å². The first kappa shape index (κ1) is 19.2. The van der Waals surface area contributed by atoms with E-state index < -0.39 is 0 Å². The number of hydrogen-bond donors (Lipinski definition) is 2. The van der Waals surface area contributed by atoms with Crippen molar-refractivity contribution >= 4 is 41.5 Å². The molecule has 0 heterocycles. The van der Waals surface area contributed by atoms with Crippen molar-refractivity contribution in [2.24, 2.45) is 4.99 Å². The minimum absolute atomic E-state index is 0. The Morgan fingerprint density at radius 1 is 1.35 bits per heavy atom. The lowest BCUT2D eigenvalue weighted by molar-refractivity contribution is 0.509. The van der Waals surface area contributed by atoms with E-state index in [1.165, 1.54) is 0 Å². The fourth-order valence-corrected chi connectivity index (χ4v) is 2.19. The van der Waals surface area contributed by atoms with Gasteiger partial charge in [0.1, 0.15) is 0 Å².